The van der Waals surface area contributed by atoms with E-state index in [4.69, 9.17) is 9.90 Å². The molecule has 2 aliphatic heterocycles. The summed E-state index contributed by atoms with van der Waals surface area (Å²) in [4.78, 5) is 37.5. The summed E-state index contributed by atoms with van der Waals surface area (Å²) in [5.74, 6) is -2.54. The van der Waals surface area contributed by atoms with Crippen molar-refractivity contribution in [3.05, 3.63) is 28.7 Å². The Kier molecular flexibility index (Phi) is 6.77. The minimum Gasteiger partial charge on any atom is -0.475 e. The van der Waals surface area contributed by atoms with Crippen molar-refractivity contribution >= 4 is 17.6 Å². The van der Waals surface area contributed by atoms with Gasteiger partial charge in [-0.25, -0.2) is 4.79 Å². The predicted molar refractivity (Wildman–Crippen MR) is 101 cm³/mol. The number of carbonyl (C=O) groups excluding carboxylic acids is 1. The van der Waals surface area contributed by atoms with E-state index < -0.39 is 12.1 Å². The van der Waals surface area contributed by atoms with Gasteiger partial charge in [-0.2, -0.15) is 13.2 Å². The Hall–Kier alpha value is -2.36. The lowest BCUT2D eigenvalue weighted by molar-refractivity contribution is -0.192. The number of aliphatic carboxylic acids is 1. The van der Waals surface area contributed by atoms with Gasteiger partial charge >= 0.3 is 12.1 Å². The molecule has 1 amide bonds. The molecule has 0 bridgehead atoms. The van der Waals surface area contributed by atoms with Crippen molar-refractivity contribution in [2.24, 2.45) is 12.5 Å². The normalized spacial score (nSPS) is 23.2. The van der Waals surface area contributed by atoms with Crippen molar-refractivity contribution in [1.82, 2.24) is 9.47 Å². The molecule has 1 spiro atoms. The van der Waals surface area contributed by atoms with E-state index in [9.17, 15) is 22.8 Å². The smallest absolute Gasteiger partial charge is 0.475 e. The van der Waals surface area contributed by atoms with E-state index in [1.54, 1.807) is 19.3 Å². The predicted octanol–water partition coefficient (Wildman–Crippen LogP) is 2.25. The number of rotatable bonds is 3. The van der Waals surface area contributed by atoms with Gasteiger partial charge in [0.1, 0.15) is 0 Å². The Balaban J connectivity index is 0.000000370. The van der Waals surface area contributed by atoms with Crippen LogP contribution in [0, 0.1) is 5.41 Å². The Morgan fingerprint density at radius 3 is 2.38 bits per heavy atom. The maximum Gasteiger partial charge on any atom is 0.490 e. The highest BCUT2D eigenvalue weighted by Crippen LogP contribution is 2.42. The Morgan fingerprint density at radius 2 is 1.90 bits per heavy atom. The molecule has 0 aromatic carbocycles. The molecule has 2 atom stereocenters. The number of alkyl halides is 3. The molecule has 2 unspecified atom stereocenters. The lowest BCUT2D eigenvalue weighted by atomic mass is 9.72. The summed E-state index contributed by atoms with van der Waals surface area (Å²) >= 11 is 0. The molecule has 0 radical (unpaired) electrons. The van der Waals surface area contributed by atoms with Crippen molar-refractivity contribution in [3.8, 4) is 0 Å². The first-order valence-corrected chi connectivity index (χ1v) is 9.44. The van der Waals surface area contributed by atoms with E-state index in [0.717, 1.165) is 44.6 Å². The van der Waals surface area contributed by atoms with Gasteiger partial charge in [0.05, 0.1) is 11.1 Å². The minimum absolute atomic E-state index is 0.0490. The lowest BCUT2D eigenvalue weighted by Gasteiger charge is -2.54. The SMILES string of the molecule is CCC(C)N1CCCC2(CN(c3ccc(=O)n(C)c3)C2=O)C1.O=C(O)C(F)(F)F. The third-order valence-corrected chi connectivity index (χ3v) is 5.60. The standard InChI is InChI=1S/C17H25N3O2.C2HF3O2/c1-4-13(2)19-9-5-8-17(11-19)12-20(16(17)22)14-6-7-15(21)18(3)10-14;3-2(4,5)1(6)7/h6-7,10,13H,4-5,8-9,11-12H2,1-3H3;(H,6,7). The Bertz CT molecular complexity index is 824. The number of anilines is 1. The fourth-order valence-corrected chi connectivity index (χ4v) is 3.69. The van der Waals surface area contributed by atoms with E-state index in [1.807, 2.05) is 4.90 Å². The summed E-state index contributed by atoms with van der Waals surface area (Å²) in [6.45, 7) is 7.20. The van der Waals surface area contributed by atoms with Gasteiger partial charge in [-0.15, -0.1) is 0 Å². The van der Waals surface area contributed by atoms with Gasteiger partial charge in [-0.05, 0) is 38.8 Å². The monoisotopic (exact) mass is 417 g/mol. The molecule has 2 aliphatic rings. The van der Waals surface area contributed by atoms with E-state index in [-0.39, 0.29) is 16.9 Å². The molecule has 3 heterocycles. The third-order valence-electron chi connectivity index (χ3n) is 5.60. The first-order chi connectivity index (χ1) is 13.4. The summed E-state index contributed by atoms with van der Waals surface area (Å²) in [6.07, 6.45) is -0.130. The first-order valence-electron chi connectivity index (χ1n) is 9.44. The van der Waals surface area contributed by atoms with Crippen LogP contribution in [0.15, 0.2) is 23.1 Å². The van der Waals surface area contributed by atoms with Gasteiger partial charge in [0.15, 0.2) is 0 Å². The average molecular weight is 417 g/mol. The van der Waals surface area contributed by atoms with E-state index in [1.165, 1.54) is 10.6 Å². The Morgan fingerprint density at radius 1 is 1.28 bits per heavy atom. The first kappa shape index (κ1) is 22.9. The zero-order valence-corrected chi connectivity index (χ0v) is 16.7. The molecule has 2 fully saturated rings. The number of β-lactam (4-membered cyclic amide) rings is 1. The highest BCUT2D eigenvalue weighted by Gasteiger charge is 2.54. The van der Waals surface area contributed by atoms with E-state index in [2.05, 4.69) is 18.7 Å². The zero-order valence-electron chi connectivity index (χ0n) is 16.7. The number of hydrogen-bond donors (Lipinski definition) is 1. The summed E-state index contributed by atoms with van der Waals surface area (Å²) < 4.78 is 33.3. The van der Waals surface area contributed by atoms with Crippen molar-refractivity contribution in [2.75, 3.05) is 24.5 Å². The number of amides is 1. The molecular formula is C19H26F3N3O4. The number of hydrogen-bond acceptors (Lipinski definition) is 4. The second kappa shape index (κ2) is 8.56. The molecule has 0 saturated carbocycles. The van der Waals surface area contributed by atoms with Crippen LogP contribution in [-0.2, 0) is 16.6 Å². The minimum atomic E-state index is -5.08. The van der Waals surface area contributed by atoms with Crippen molar-refractivity contribution < 1.29 is 27.9 Å². The number of carboxylic acids is 1. The molecule has 0 aliphatic carbocycles. The number of halogens is 3. The molecule has 1 aromatic rings. The quantitative estimate of drug-likeness (QED) is 0.763. The van der Waals surface area contributed by atoms with Crippen LogP contribution in [0.25, 0.3) is 0 Å². The van der Waals surface area contributed by atoms with Crippen molar-refractivity contribution in [2.45, 2.75) is 45.3 Å². The summed E-state index contributed by atoms with van der Waals surface area (Å²) in [6, 6.07) is 3.82. The van der Waals surface area contributed by atoms with Crippen LogP contribution in [0.5, 0.6) is 0 Å². The maximum absolute atomic E-state index is 12.8. The molecule has 7 nitrogen and oxygen atoms in total. The molecule has 1 aromatic heterocycles. The van der Waals surface area contributed by atoms with Crippen LogP contribution in [0.1, 0.15) is 33.1 Å². The second-order valence-electron chi connectivity index (χ2n) is 7.64. The van der Waals surface area contributed by atoms with Gasteiger partial charge in [-0.3, -0.25) is 14.5 Å². The molecule has 2 saturated heterocycles. The highest BCUT2D eigenvalue weighted by atomic mass is 19.4. The molecule has 3 rings (SSSR count). The van der Waals surface area contributed by atoms with Gasteiger partial charge < -0.3 is 14.6 Å². The van der Waals surface area contributed by atoms with Crippen LogP contribution in [0.4, 0.5) is 18.9 Å². The number of nitrogens with zero attached hydrogens (tertiary/aromatic N) is 3. The molecule has 29 heavy (non-hydrogen) atoms. The fourth-order valence-electron chi connectivity index (χ4n) is 3.69. The number of aromatic nitrogens is 1. The van der Waals surface area contributed by atoms with Gasteiger partial charge in [0.25, 0.3) is 0 Å². The molecule has 1 N–H and O–H groups in total. The summed E-state index contributed by atoms with van der Waals surface area (Å²) in [7, 11) is 1.72. The number of pyridine rings is 1. The number of likely N-dealkylation sites (tertiary alicyclic amines) is 1. The number of aryl methyl sites for hydroxylation is 1. The van der Waals surface area contributed by atoms with Crippen LogP contribution in [-0.4, -0.2) is 58.3 Å². The average Bonchev–Trinajstić information content (AvgIpc) is 2.67. The summed E-state index contributed by atoms with van der Waals surface area (Å²) in [5, 5.41) is 7.12. The number of carboxylic acid groups (broad SMARTS) is 1. The van der Waals surface area contributed by atoms with Crippen LogP contribution in [0.3, 0.4) is 0 Å². The van der Waals surface area contributed by atoms with E-state index in [0.29, 0.717) is 6.04 Å². The van der Waals surface area contributed by atoms with Crippen LogP contribution in [0.2, 0.25) is 0 Å². The van der Waals surface area contributed by atoms with Crippen molar-refractivity contribution in [3.63, 3.8) is 0 Å². The fraction of sp³-hybridized carbons (Fsp3) is 0.632. The molecular weight excluding hydrogens is 391 g/mol. The largest absolute Gasteiger partial charge is 0.490 e. The Labute approximate surface area is 166 Å². The molecule has 162 valence electrons. The number of piperidine rings is 1. The van der Waals surface area contributed by atoms with Gasteiger partial charge in [0, 0.05) is 38.4 Å². The highest BCUT2D eigenvalue weighted by molar-refractivity contribution is 6.04. The second-order valence-corrected chi connectivity index (χ2v) is 7.64. The summed E-state index contributed by atoms with van der Waals surface area (Å²) in [5.41, 5.74) is 0.585. The van der Waals surface area contributed by atoms with Gasteiger partial charge in [-0.1, -0.05) is 6.92 Å². The van der Waals surface area contributed by atoms with Gasteiger partial charge in [0.2, 0.25) is 11.5 Å². The topological polar surface area (TPSA) is 82.8 Å². The number of carbonyl (C=O) groups is 2. The van der Waals surface area contributed by atoms with Crippen LogP contribution >= 0.6 is 0 Å². The lowest BCUT2D eigenvalue weighted by Crippen LogP contribution is -2.68. The maximum atomic E-state index is 12.8. The van der Waals surface area contributed by atoms with Crippen molar-refractivity contribution in [1.29, 1.82) is 0 Å². The molecule has 10 heteroatoms. The van der Waals surface area contributed by atoms with Crippen LogP contribution < -0.4 is 10.5 Å². The zero-order chi connectivity index (χ0) is 22.0. The van der Waals surface area contributed by atoms with E-state index >= 15 is 0 Å². The third kappa shape index (κ3) is 4.98.